The third kappa shape index (κ3) is 11.2. The molecule has 0 aliphatic heterocycles. The summed E-state index contributed by atoms with van der Waals surface area (Å²) in [6, 6.07) is 9.63. The minimum atomic E-state index is -1.04. The van der Waals surface area contributed by atoms with Crippen molar-refractivity contribution in [2.75, 3.05) is 26.2 Å². The minimum Gasteiger partial charge on any atom is -0.393 e. The first-order valence-electron chi connectivity index (χ1n) is 14.5. The number of carbonyl (C=O) groups excluding carboxylic acids is 3. The van der Waals surface area contributed by atoms with Gasteiger partial charge in [-0.05, 0) is 67.5 Å². The molecule has 0 radical (unpaired) electrons. The van der Waals surface area contributed by atoms with Crippen LogP contribution in [0.4, 0.5) is 8.78 Å². The van der Waals surface area contributed by atoms with Crippen molar-refractivity contribution >= 4 is 17.7 Å². The SMILES string of the molecule is CCCN(CCC)C(=O)c1cccc(C(=O)NC[C@H](Cc2cc(F)cc(F)c2)[C@@H](O)C[C@@H](C)C(=O)NCC(C)C)c1. The van der Waals surface area contributed by atoms with Crippen LogP contribution >= 0.6 is 0 Å². The smallest absolute Gasteiger partial charge is 0.253 e. The van der Waals surface area contributed by atoms with E-state index in [-0.39, 0.29) is 42.7 Å². The molecular weight excluding hydrogens is 528 g/mol. The normalized spacial score (nSPS) is 13.4. The quantitative estimate of drug-likeness (QED) is 0.264. The molecular formula is C32H45F2N3O4. The van der Waals surface area contributed by atoms with Gasteiger partial charge in [0.15, 0.2) is 0 Å². The highest BCUT2D eigenvalue weighted by Crippen LogP contribution is 2.21. The van der Waals surface area contributed by atoms with Crippen LogP contribution in [0.1, 0.15) is 80.2 Å². The van der Waals surface area contributed by atoms with Crippen LogP contribution in [0.3, 0.4) is 0 Å². The molecule has 0 unspecified atom stereocenters. The van der Waals surface area contributed by atoms with Crippen LogP contribution in [0.2, 0.25) is 0 Å². The van der Waals surface area contributed by atoms with Crippen molar-refractivity contribution in [2.24, 2.45) is 17.8 Å². The van der Waals surface area contributed by atoms with Crippen molar-refractivity contribution < 1.29 is 28.3 Å². The lowest BCUT2D eigenvalue weighted by atomic mass is 9.88. The molecule has 7 nitrogen and oxygen atoms in total. The molecule has 3 atom stereocenters. The van der Waals surface area contributed by atoms with Crippen molar-refractivity contribution in [3.63, 3.8) is 0 Å². The second kappa shape index (κ2) is 16.8. The van der Waals surface area contributed by atoms with Crippen LogP contribution in [0.15, 0.2) is 42.5 Å². The monoisotopic (exact) mass is 573 g/mol. The third-order valence-electron chi connectivity index (χ3n) is 6.86. The maximum atomic E-state index is 13.9. The number of benzene rings is 2. The van der Waals surface area contributed by atoms with Gasteiger partial charge in [-0.2, -0.15) is 0 Å². The van der Waals surface area contributed by atoms with Crippen LogP contribution in [0.25, 0.3) is 0 Å². The number of halogens is 2. The van der Waals surface area contributed by atoms with Crippen molar-refractivity contribution in [1.29, 1.82) is 0 Å². The van der Waals surface area contributed by atoms with Crippen molar-refractivity contribution in [1.82, 2.24) is 15.5 Å². The Morgan fingerprint density at radius 1 is 0.878 bits per heavy atom. The molecule has 3 N–H and O–H groups in total. The summed E-state index contributed by atoms with van der Waals surface area (Å²) in [6.45, 7) is 11.4. The Bertz CT molecular complexity index is 1130. The number of aliphatic hydroxyl groups excluding tert-OH is 1. The topological polar surface area (TPSA) is 98.7 Å². The summed E-state index contributed by atoms with van der Waals surface area (Å²) in [5.74, 6) is -3.12. The Kier molecular flexibility index (Phi) is 13.9. The zero-order valence-corrected chi connectivity index (χ0v) is 24.9. The molecule has 0 aromatic heterocycles. The highest BCUT2D eigenvalue weighted by Gasteiger charge is 2.26. The van der Waals surface area contributed by atoms with E-state index < -0.39 is 35.5 Å². The molecule has 0 saturated heterocycles. The van der Waals surface area contributed by atoms with E-state index in [9.17, 15) is 28.3 Å². The zero-order valence-electron chi connectivity index (χ0n) is 24.9. The van der Waals surface area contributed by atoms with Crippen LogP contribution in [-0.2, 0) is 11.2 Å². The Morgan fingerprint density at radius 3 is 2.07 bits per heavy atom. The van der Waals surface area contributed by atoms with E-state index in [4.69, 9.17) is 0 Å². The van der Waals surface area contributed by atoms with E-state index in [2.05, 4.69) is 10.6 Å². The van der Waals surface area contributed by atoms with E-state index in [1.165, 1.54) is 12.1 Å². The molecule has 0 saturated carbocycles. The van der Waals surface area contributed by atoms with Crippen molar-refractivity contribution in [2.45, 2.75) is 66.4 Å². The molecule has 3 amide bonds. The Hall–Kier alpha value is -3.33. The van der Waals surface area contributed by atoms with Crippen LogP contribution in [0.5, 0.6) is 0 Å². The van der Waals surface area contributed by atoms with Crippen LogP contribution < -0.4 is 10.6 Å². The van der Waals surface area contributed by atoms with E-state index in [1.807, 2.05) is 27.7 Å². The van der Waals surface area contributed by atoms with Gasteiger partial charge in [0.25, 0.3) is 11.8 Å². The van der Waals surface area contributed by atoms with Gasteiger partial charge in [-0.15, -0.1) is 0 Å². The van der Waals surface area contributed by atoms with E-state index in [1.54, 1.807) is 36.1 Å². The minimum absolute atomic E-state index is 0.00552. The number of hydrogen-bond acceptors (Lipinski definition) is 4. The summed E-state index contributed by atoms with van der Waals surface area (Å²) in [5.41, 5.74) is 1.03. The largest absolute Gasteiger partial charge is 0.393 e. The third-order valence-corrected chi connectivity index (χ3v) is 6.86. The molecule has 0 aliphatic carbocycles. The molecule has 41 heavy (non-hydrogen) atoms. The maximum absolute atomic E-state index is 13.9. The summed E-state index contributed by atoms with van der Waals surface area (Å²) < 4.78 is 27.8. The van der Waals surface area contributed by atoms with Gasteiger partial charge in [0.1, 0.15) is 11.6 Å². The number of aliphatic hydroxyl groups is 1. The molecule has 0 spiro atoms. The highest BCUT2D eigenvalue weighted by molar-refractivity contribution is 5.99. The van der Waals surface area contributed by atoms with Crippen LogP contribution in [0, 0.1) is 29.4 Å². The van der Waals surface area contributed by atoms with Gasteiger partial charge in [-0.1, -0.05) is 40.7 Å². The fourth-order valence-electron chi connectivity index (χ4n) is 4.67. The Morgan fingerprint density at radius 2 is 1.49 bits per heavy atom. The number of nitrogens with one attached hydrogen (secondary N) is 2. The Labute approximate surface area is 242 Å². The molecule has 226 valence electrons. The highest BCUT2D eigenvalue weighted by atomic mass is 19.1. The Balaban J connectivity index is 2.18. The molecule has 2 aromatic carbocycles. The molecule has 2 rings (SSSR count). The van der Waals surface area contributed by atoms with E-state index >= 15 is 0 Å². The lowest BCUT2D eigenvalue weighted by Crippen LogP contribution is -2.39. The maximum Gasteiger partial charge on any atom is 0.253 e. The van der Waals surface area contributed by atoms with E-state index in [0.29, 0.717) is 30.8 Å². The van der Waals surface area contributed by atoms with Crippen LogP contribution in [-0.4, -0.2) is 60.0 Å². The molecule has 0 bridgehead atoms. The second-order valence-corrected chi connectivity index (χ2v) is 11.2. The molecule has 0 aliphatic rings. The van der Waals surface area contributed by atoms with Gasteiger partial charge in [0.05, 0.1) is 6.10 Å². The number of nitrogens with zero attached hydrogens (tertiary/aromatic N) is 1. The number of rotatable bonds is 16. The average molecular weight is 574 g/mol. The van der Waals surface area contributed by atoms with Gasteiger partial charge >= 0.3 is 0 Å². The number of hydrogen-bond donors (Lipinski definition) is 3. The van der Waals surface area contributed by atoms with Gasteiger partial charge in [0, 0.05) is 55.2 Å². The lowest BCUT2D eigenvalue weighted by Gasteiger charge is -2.26. The summed E-state index contributed by atoms with van der Waals surface area (Å²) in [7, 11) is 0. The fourth-order valence-corrected chi connectivity index (χ4v) is 4.67. The summed E-state index contributed by atoms with van der Waals surface area (Å²) in [4.78, 5) is 40.4. The van der Waals surface area contributed by atoms with Crippen molar-refractivity contribution in [3.05, 3.63) is 70.8 Å². The molecule has 0 heterocycles. The molecule has 0 fully saturated rings. The van der Waals surface area contributed by atoms with Crippen molar-refractivity contribution in [3.8, 4) is 0 Å². The average Bonchev–Trinajstić information content (AvgIpc) is 2.92. The van der Waals surface area contributed by atoms with Gasteiger partial charge < -0.3 is 20.6 Å². The predicted molar refractivity (Wildman–Crippen MR) is 156 cm³/mol. The summed E-state index contributed by atoms with van der Waals surface area (Å²) in [6.07, 6.45) is 0.798. The first-order chi connectivity index (χ1) is 19.4. The van der Waals surface area contributed by atoms with Gasteiger partial charge in [0.2, 0.25) is 5.91 Å². The molecule has 2 aromatic rings. The first-order valence-corrected chi connectivity index (χ1v) is 14.5. The summed E-state index contributed by atoms with van der Waals surface area (Å²) >= 11 is 0. The lowest BCUT2D eigenvalue weighted by molar-refractivity contribution is -0.125. The second-order valence-electron chi connectivity index (χ2n) is 11.2. The fraction of sp³-hybridized carbons (Fsp3) is 0.531. The zero-order chi connectivity index (χ0) is 30.5. The standard InChI is InChI=1S/C32H45F2N3O4/c1-6-11-37(12-7-2)32(41)25-10-8-9-24(17-25)31(40)36-20-26(14-23-15-27(33)18-28(34)16-23)29(38)13-22(5)30(39)35-19-21(3)4/h8-10,15-18,21-22,26,29,38H,6-7,11-14,19-20H2,1-5H3,(H,35,39)(H,36,40)/t22-,26+,29+/m1/s1. The van der Waals surface area contributed by atoms with Gasteiger partial charge in [-0.3, -0.25) is 14.4 Å². The predicted octanol–water partition coefficient (Wildman–Crippen LogP) is 4.98. The molecule has 9 heteroatoms. The number of amides is 3. The number of carbonyl (C=O) groups is 3. The van der Waals surface area contributed by atoms with Gasteiger partial charge in [-0.25, -0.2) is 8.78 Å². The van der Waals surface area contributed by atoms with E-state index in [0.717, 1.165) is 18.9 Å². The summed E-state index contributed by atoms with van der Waals surface area (Å²) in [5, 5.41) is 16.8. The first kappa shape index (κ1) is 33.9.